The summed E-state index contributed by atoms with van der Waals surface area (Å²) in [7, 11) is 0. The van der Waals surface area contributed by atoms with E-state index in [1.165, 1.54) is 0 Å². The standard InChI is InChI=1S/C33H51N5O9/c1-20(2)26-23(30(36-35-26)47-31-29(44)28(43)27(42)24(19-40)46-31)18-22-10-8-21(9-11-22)6-5-7-25(41)34-33(3,4)32(45)38-14-12-37(13-15-38)16-17-39/h8-11,20,24,27-29,31,39-40,42-44H,5-7,12-19H2,1-4H3,(H,34,41)(H,35,36)/t24-,27-,28+,29-,31?/m1/s1. The molecule has 2 fully saturated rings. The van der Waals surface area contributed by atoms with E-state index in [4.69, 9.17) is 14.6 Å². The van der Waals surface area contributed by atoms with Gasteiger partial charge in [-0.05, 0) is 43.7 Å². The first-order valence-corrected chi connectivity index (χ1v) is 16.4. The largest absolute Gasteiger partial charge is 0.443 e. The third kappa shape index (κ3) is 9.28. The lowest BCUT2D eigenvalue weighted by Gasteiger charge is -2.39. The molecule has 2 saturated heterocycles. The Balaban J connectivity index is 1.29. The number of amides is 2. The molecule has 2 amide bonds. The molecule has 5 atom stereocenters. The Morgan fingerprint density at radius 1 is 1.04 bits per heavy atom. The van der Waals surface area contributed by atoms with Gasteiger partial charge in [0, 0.05) is 56.8 Å². The maximum absolute atomic E-state index is 13.1. The molecule has 14 heteroatoms. The number of rotatable bonds is 14. The molecule has 14 nitrogen and oxygen atoms in total. The predicted octanol–water partition coefficient (Wildman–Crippen LogP) is -0.343. The lowest BCUT2D eigenvalue weighted by molar-refractivity contribution is -0.278. The average Bonchev–Trinajstić information content (AvgIpc) is 3.44. The van der Waals surface area contributed by atoms with Gasteiger partial charge in [0.25, 0.3) is 0 Å². The van der Waals surface area contributed by atoms with E-state index in [0.717, 1.165) is 22.4 Å². The minimum atomic E-state index is -1.56. The van der Waals surface area contributed by atoms with Crippen LogP contribution >= 0.6 is 0 Å². The summed E-state index contributed by atoms with van der Waals surface area (Å²) in [5.74, 6) is -0.00650. The summed E-state index contributed by atoms with van der Waals surface area (Å²) in [5, 5.41) is 59.5. The van der Waals surface area contributed by atoms with Crippen LogP contribution < -0.4 is 10.1 Å². The molecule has 262 valence electrons. The van der Waals surface area contributed by atoms with E-state index < -0.39 is 42.9 Å². The maximum atomic E-state index is 13.1. The molecule has 47 heavy (non-hydrogen) atoms. The number of carbonyl (C=O) groups is 2. The number of H-pyrrole nitrogens is 1. The van der Waals surface area contributed by atoms with Crippen molar-refractivity contribution in [2.24, 2.45) is 0 Å². The van der Waals surface area contributed by atoms with E-state index in [9.17, 15) is 30.0 Å². The minimum absolute atomic E-state index is 0.0810. The summed E-state index contributed by atoms with van der Waals surface area (Å²) >= 11 is 0. The zero-order valence-electron chi connectivity index (χ0n) is 27.8. The van der Waals surface area contributed by atoms with E-state index >= 15 is 0 Å². The van der Waals surface area contributed by atoms with Crippen molar-refractivity contribution >= 4 is 11.8 Å². The third-order valence-electron chi connectivity index (χ3n) is 8.85. The SMILES string of the molecule is CC(C)c1[nH]nc(OC2O[C@H](CO)[C@@H](O)[C@H](O)[C@H]2O)c1Cc1ccc(CCCC(=O)NC(C)(C)C(=O)N2CCN(CCO)CC2)cc1. The van der Waals surface area contributed by atoms with Crippen LogP contribution in [0.25, 0.3) is 0 Å². The number of piperazine rings is 1. The fraction of sp³-hybridized carbons (Fsp3) is 0.667. The van der Waals surface area contributed by atoms with Crippen molar-refractivity contribution < 1.29 is 44.6 Å². The molecule has 4 rings (SSSR count). The van der Waals surface area contributed by atoms with Crippen LogP contribution in [-0.2, 0) is 27.2 Å². The number of aromatic amines is 1. The Labute approximate surface area is 275 Å². The highest BCUT2D eigenvalue weighted by molar-refractivity contribution is 5.90. The van der Waals surface area contributed by atoms with E-state index in [0.29, 0.717) is 52.0 Å². The third-order valence-corrected chi connectivity index (χ3v) is 8.85. The van der Waals surface area contributed by atoms with Crippen molar-refractivity contribution in [2.45, 2.75) is 95.5 Å². The molecule has 0 radical (unpaired) electrons. The van der Waals surface area contributed by atoms with Gasteiger partial charge in [0.1, 0.15) is 30.0 Å². The molecule has 1 aromatic carbocycles. The zero-order chi connectivity index (χ0) is 34.3. The van der Waals surface area contributed by atoms with E-state index in [1.54, 1.807) is 18.7 Å². The molecule has 0 aliphatic carbocycles. The number of nitrogens with zero attached hydrogens (tertiary/aromatic N) is 3. The molecule has 1 unspecified atom stereocenters. The normalized spacial score (nSPS) is 24.0. The van der Waals surface area contributed by atoms with Crippen LogP contribution in [0.2, 0.25) is 0 Å². The van der Waals surface area contributed by atoms with Gasteiger partial charge < -0.3 is 45.2 Å². The van der Waals surface area contributed by atoms with Gasteiger partial charge in [-0.2, -0.15) is 0 Å². The highest BCUT2D eigenvalue weighted by atomic mass is 16.7. The summed E-state index contributed by atoms with van der Waals surface area (Å²) in [6.07, 6.45) is -4.99. The number of hydrogen-bond acceptors (Lipinski definition) is 11. The molecule has 2 aliphatic heterocycles. The molecule has 0 spiro atoms. The summed E-state index contributed by atoms with van der Waals surface area (Å²) < 4.78 is 11.4. The van der Waals surface area contributed by atoms with Crippen molar-refractivity contribution in [3.63, 3.8) is 0 Å². The minimum Gasteiger partial charge on any atom is -0.443 e. The number of benzene rings is 1. The number of aliphatic hydroxyl groups is 5. The fourth-order valence-corrected chi connectivity index (χ4v) is 6.04. The van der Waals surface area contributed by atoms with Crippen molar-refractivity contribution in [1.29, 1.82) is 0 Å². The summed E-state index contributed by atoms with van der Waals surface area (Å²) in [6, 6.07) is 7.99. The van der Waals surface area contributed by atoms with Gasteiger partial charge in [-0.25, -0.2) is 0 Å². The molecule has 2 aliphatic rings. The zero-order valence-corrected chi connectivity index (χ0v) is 27.8. The summed E-state index contributed by atoms with van der Waals surface area (Å²) in [6.45, 7) is 10.2. The molecular weight excluding hydrogens is 610 g/mol. The van der Waals surface area contributed by atoms with Gasteiger partial charge in [0.05, 0.1) is 13.2 Å². The van der Waals surface area contributed by atoms with Crippen molar-refractivity contribution in [1.82, 2.24) is 25.3 Å². The van der Waals surface area contributed by atoms with Crippen LogP contribution in [-0.4, -0.2) is 140 Å². The van der Waals surface area contributed by atoms with Crippen LogP contribution in [0.1, 0.15) is 68.8 Å². The van der Waals surface area contributed by atoms with Gasteiger partial charge in [0.15, 0.2) is 0 Å². The van der Waals surface area contributed by atoms with Crippen LogP contribution in [0.15, 0.2) is 24.3 Å². The number of aliphatic hydroxyl groups excluding tert-OH is 5. The Morgan fingerprint density at radius 2 is 1.70 bits per heavy atom. The van der Waals surface area contributed by atoms with Crippen LogP contribution in [0, 0.1) is 0 Å². The first kappa shape index (κ1) is 36.7. The quantitative estimate of drug-likeness (QED) is 0.140. The lowest BCUT2D eigenvalue weighted by Crippen LogP contribution is -2.60. The van der Waals surface area contributed by atoms with Crippen molar-refractivity contribution in [3.05, 3.63) is 46.6 Å². The predicted molar refractivity (Wildman–Crippen MR) is 172 cm³/mol. The Bertz CT molecular complexity index is 1310. The van der Waals surface area contributed by atoms with Crippen LogP contribution in [0.5, 0.6) is 5.88 Å². The second kappa shape index (κ2) is 16.3. The molecule has 7 N–H and O–H groups in total. The number of nitrogens with one attached hydrogen (secondary N) is 2. The maximum Gasteiger partial charge on any atom is 0.247 e. The van der Waals surface area contributed by atoms with Gasteiger partial charge in [-0.15, -0.1) is 5.10 Å². The molecule has 3 heterocycles. The molecule has 1 aromatic heterocycles. The van der Waals surface area contributed by atoms with Gasteiger partial charge in [0.2, 0.25) is 24.0 Å². The van der Waals surface area contributed by atoms with Crippen LogP contribution in [0.3, 0.4) is 0 Å². The average molecular weight is 662 g/mol. The second-order valence-corrected chi connectivity index (χ2v) is 13.3. The summed E-state index contributed by atoms with van der Waals surface area (Å²) in [4.78, 5) is 29.7. The highest BCUT2D eigenvalue weighted by Crippen LogP contribution is 2.31. The molecule has 2 aromatic rings. The first-order chi connectivity index (χ1) is 22.3. The van der Waals surface area contributed by atoms with Gasteiger partial charge in [-0.3, -0.25) is 19.6 Å². The molecular formula is C33H51N5O9. The fourth-order valence-electron chi connectivity index (χ4n) is 6.04. The van der Waals surface area contributed by atoms with Crippen molar-refractivity contribution in [2.75, 3.05) is 45.9 Å². The highest BCUT2D eigenvalue weighted by Gasteiger charge is 2.45. The van der Waals surface area contributed by atoms with E-state index in [1.807, 2.05) is 38.1 Å². The van der Waals surface area contributed by atoms with Crippen molar-refractivity contribution in [3.8, 4) is 5.88 Å². The number of ether oxygens (including phenoxy) is 2. The Hall–Kier alpha value is -3.11. The van der Waals surface area contributed by atoms with Crippen LogP contribution in [0.4, 0.5) is 0 Å². The Kier molecular flexibility index (Phi) is 12.8. The number of aromatic nitrogens is 2. The lowest BCUT2D eigenvalue weighted by atomic mass is 9.97. The molecule has 0 bridgehead atoms. The number of hydrogen-bond donors (Lipinski definition) is 7. The Morgan fingerprint density at radius 3 is 2.32 bits per heavy atom. The first-order valence-electron chi connectivity index (χ1n) is 16.4. The smallest absolute Gasteiger partial charge is 0.247 e. The number of β-amino-alcohol motifs (C(OH)–C–C–N with tert-alkyl or cyclic N) is 1. The second-order valence-electron chi connectivity index (χ2n) is 13.3. The number of aryl methyl sites for hydroxylation is 1. The summed E-state index contributed by atoms with van der Waals surface area (Å²) in [5.41, 5.74) is 2.62. The van der Waals surface area contributed by atoms with E-state index in [-0.39, 0.29) is 36.6 Å². The topological polar surface area (TPSA) is 201 Å². The van der Waals surface area contributed by atoms with Gasteiger partial charge in [-0.1, -0.05) is 38.1 Å². The van der Waals surface area contributed by atoms with E-state index in [2.05, 4.69) is 20.4 Å². The monoisotopic (exact) mass is 661 g/mol. The number of carbonyl (C=O) groups excluding carboxylic acids is 2. The molecule has 0 saturated carbocycles. The van der Waals surface area contributed by atoms with Gasteiger partial charge >= 0.3 is 0 Å².